The van der Waals surface area contributed by atoms with E-state index in [1.54, 1.807) is 60.7 Å². The summed E-state index contributed by atoms with van der Waals surface area (Å²) in [5.41, 5.74) is 1.06. The second kappa shape index (κ2) is 9.99. The number of aryl methyl sites for hydroxylation is 1. The highest BCUT2D eigenvalue weighted by Crippen LogP contribution is 2.39. The molecule has 1 amide bonds. The van der Waals surface area contributed by atoms with Gasteiger partial charge in [0.05, 0.1) is 12.6 Å². The number of benzene rings is 2. The Kier molecular flexibility index (Phi) is 6.69. The number of aromatic nitrogens is 2. The smallest absolute Gasteiger partial charge is 0.295 e. The molecule has 1 atom stereocenters. The van der Waals surface area contributed by atoms with Crippen molar-refractivity contribution in [2.75, 3.05) is 13.2 Å². The van der Waals surface area contributed by atoms with Gasteiger partial charge in [0, 0.05) is 18.5 Å². The summed E-state index contributed by atoms with van der Waals surface area (Å²) in [5.74, 6) is -1.17. The van der Waals surface area contributed by atoms with Crippen LogP contribution < -0.4 is 14.4 Å². The van der Waals surface area contributed by atoms with Crippen LogP contribution in [0.2, 0.25) is 0 Å². The van der Waals surface area contributed by atoms with Crippen molar-refractivity contribution in [3.05, 3.63) is 103 Å². The van der Waals surface area contributed by atoms with Crippen molar-refractivity contribution in [1.82, 2.24) is 9.88 Å². The zero-order valence-corrected chi connectivity index (χ0v) is 18.1. The lowest BCUT2D eigenvalue weighted by Gasteiger charge is -2.27. The molecule has 1 unspecified atom stereocenters. The largest absolute Gasteiger partial charge is 0.872 e. The fourth-order valence-electron chi connectivity index (χ4n) is 3.98. The van der Waals surface area contributed by atoms with Crippen LogP contribution in [0.25, 0.3) is 5.76 Å². The average Bonchev–Trinajstić information content (AvgIpc) is 3.45. The highest BCUT2D eigenvalue weighted by molar-refractivity contribution is 6.46. The maximum atomic E-state index is 13.3. The maximum absolute atomic E-state index is 13.3. The number of ether oxygens (including phenoxy) is 1. The molecule has 1 aliphatic rings. The fourth-order valence-corrected chi connectivity index (χ4v) is 3.98. The highest BCUT2D eigenvalue weighted by Gasteiger charge is 2.43. The van der Waals surface area contributed by atoms with Crippen LogP contribution in [-0.2, 0) is 16.1 Å². The summed E-state index contributed by atoms with van der Waals surface area (Å²) in [7, 11) is 0. The molecule has 1 N–H and O–H groups in total. The number of amides is 1. The lowest BCUT2D eigenvalue weighted by molar-refractivity contribution is -0.695. The normalized spacial score (nSPS) is 17.3. The molecule has 0 spiro atoms. The summed E-state index contributed by atoms with van der Waals surface area (Å²) in [6.45, 7) is 5.02. The van der Waals surface area contributed by atoms with Gasteiger partial charge in [-0.05, 0) is 23.3 Å². The van der Waals surface area contributed by atoms with Gasteiger partial charge >= 0.3 is 0 Å². The van der Waals surface area contributed by atoms with Crippen molar-refractivity contribution < 1.29 is 24.0 Å². The van der Waals surface area contributed by atoms with Crippen molar-refractivity contribution in [3.63, 3.8) is 0 Å². The predicted octanol–water partition coefficient (Wildman–Crippen LogP) is 2.18. The minimum atomic E-state index is -0.748. The minimum Gasteiger partial charge on any atom is -0.872 e. The number of carbonyl (C=O) groups is 2. The SMILES string of the molecule is C=CCOc1ccc(C2/C(=C(\[O-])c3ccccc3)C(=O)C(=O)N2CCC[n+]2cc[nH]c2)cc1. The van der Waals surface area contributed by atoms with Crippen LogP contribution in [0.3, 0.4) is 0 Å². The quantitative estimate of drug-likeness (QED) is 0.181. The molecule has 4 rings (SSSR count). The van der Waals surface area contributed by atoms with Crippen LogP contribution in [0.15, 0.2) is 91.5 Å². The van der Waals surface area contributed by atoms with Gasteiger partial charge in [-0.25, -0.2) is 4.57 Å². The van der Waals surface area contributed by atoms with Crippen molar-refractivity contribution in [1.29, 1.82) is 0 Å². The number of nitrogens with zero attached hydrogens (tertiary/aromatic N) is 2. The topological polar surface area (TPSA) is 89.3 Å². The molecule has 1 aliphatic heterocycles. The van der Waals surface area contributed by atoms with Crippen LogP contribution in [0.5, 0.6) is 5.75 Å². The highest BCUT2D eigenvalue weighted by atomic mass is 16.5. The summed E-state index contributed by atoms with van der Waals surface area (Å²) >= 11 is 0. The number of carbonyl (C=O) groups excluding carboxylic acids is 2. The first kappa shape index (κ1) is 22.1. The van der Waals surface area contributed by atoms with Crippen molar-refractivity contribution in [3.8, 4) is 5.75 Å². The number of rotatable bonds is 9. The Labute approximate surface area is 192 Å². The van der Waals surface area contributed by atoms with Gasteiger partial charge in [-0.3, -0.25) is 14.6 Å². The van der Waals surface area contributed by atoms with E-state index in [4.69, 9.17) is 4.74 Å². The Morgan fingerprint density at radius 3 is 2.58 bits per heavy atom. The molecule has 1 saturated heterocycles. The minimum absolute atomic E-state index is 0.0137. The van der Waals surface area contributed by atoms with E-state index in [1.165, 1.54) is 4.90 Å². The van der Waals surface area contributed by atoms with Gasteiger partial charge in [0.15, 0.2) is 0 Å². The third-order valence-electron chi connectivity index (χ3n) is 5.55. The van der Waals surface area contributed by atoms with E-state index in [9.17, 15) is 14.7 Å². The van der Waals surface area contributed by atoms with Gasteiger partial charge in [0.1, 0.15) is 24.8 Å². The van der Waals surface area contributed by atoms with E-state index in [2.05, 4.69) is 11.6 Å². The van der Waals surface area contributed by atoms with Gasteiger partial charge in [-0.1, -0.05) is 60.9 Å². The number of Topliss-reactive ketones (excluding diaryl/α,β-unsaturated/α-hetero) is 1. The number of ketones is 1. The van der Waals surface area contributed by atoms with Gasteiger partial charge in [0.2, 0.25) is 12.1 Å². The third kappa shape index (κ3) is 4.72. The van der Waals surface area contributed by atoms with Crippen LogP contribution in [0.1, 0.15) is 23.6 Å². The number of nitrogens with one attached hydrogen (secondary N) is 1. The van der Waals surface area contributed by atoms with Crippen molar-refractivity contribution in [2.24, 2.45) is 0 Å². The summed E-state index contributed by atoms with van der Waals surface area (Å²) < 4.78 is 7.51. The number of aromatic amines is 1. The molecule has 1 aromatic heterocycles. The number of likely N-dealkylation sites (tertiary alicyclic amines) is 1. The van der Waals surface area contributed by atoms with E-state index < -0.39 is 23.5 Å². The zero-order valence-electron chi connectivity index (χ0n) is 18.1. The van der Waals surface area contributed by atoms with Gasteiger partial charge in [-0.15, -0.1) is 0 Å². The van der Waals surface area contributed by atoms with E-state index in [0.717, 1.165) is 0 Å². The van der Waals surface area contributed by atoms with E-state index in [0.29, 0.717) is 43.0 Å². The molecule has 0 radical (unpaired) electrons. The monoisotopic (exact) mass is 443 g/mol. The molecular weight excluding hydrogens is 418 g/mol. The lowest BCUT2D eigenvalue weighted by Crippen LogP contribution is -2.36. The molecule has 7 heteroatoms. The Hall–Kier alpha value is -4.13. The molecule has 1 fully saturated rings. The zero-order chi connectivity index (χ0) is 23.2. The lowest BCUT2D eigenvalue weighted by atomic mass is 9.95. The molecule has 7 nitrogen and oxygen atoms in total. The van der Waals surface area contributed by atoms with E-state index in [1.807, 2.05) is 23.3 Å². The molecule has 0 aliphatic carbocycles. The first-order chi connectivity index (χ1) is 16.1. The van der Waals surface area contributed by atoms with Crippen molar-refractivity contribution in [2.45, 2.75) is 19.0 Å². The second-order valence-electron chi connectivity index (χ2n) is 7.71. The Bertz CT molecular complexity index is 1150. The number of imidazole rings is 1. The molecule has 33 heavy (non-hydrogen) atoms. The average molecular weight is 444 g/mol. The number of hydrogen-bond acceptors (Lipinski definition) is 4. The first-order valence-corrected chi connectivity index (χ1v) is 10.8. The van der Waals surface area contributed by atoms with Gasteiger partial charge < -0.3 is 14.7 Å². The van der Waals surface area contributed by atoms with Crippen molar-refractivity contribution >= 4 is 17.4 Å². The number of H-pyrrole nitrogens is 1. The summed E-state index contributed by atoms with van der Waals surface area (Å²) in [4.78, 5) is 30.5. The molecule has 2 heterocycles. The van der Waals surface area contributed by atoms with Crippen LogP contribution in [-0.4, -0.2) is 34.7 Å². The Morgan fingerprint density at radius 2 is 1.91 bits per heavy atom. The van der Waals surface area contributed by atoms with Crippen LogP contribution in [0.4, 0.5) is 0 Å². The Morgan fingerprint density at radius 1 is 1.15 bits per heavy atom. The summed E-state index contributed by atoms with van der Waals surface area (Å²) in [6.07, 6.45) is 7.82. The van der Waals surface area contributed by atoms with E-state index in [-0.39, 0.29) is 5.57 Å². The molecule has 0 saturated carbocycles. The maximum Gasteiger partial charge on any atom is 0.295 e. The third-order valence-corrected chi connectivity index (χ3v) is 5.55. The predicted molar refractivity (Wildman–Crippen MR) is 121 cm³/mol. The summed E-state index contributed by atoms with van der Waals surface area (Å²) in [6, 6.07) is 15.0. The fraction of sp³-hybridized carbons (Fsp3) is 0.192. The summed E-state index contributed by atoms with van der Waals surface area (Å²) in [5, 5.41) is 13.3. The van der Waals surface area contributed by atoms with Crippen LogP contribution in [0, 0.1) is 0 Å². The molecule has 3 aromatic rings. The van der Waals surface area contributed by atoms with E-state index >= 15 is 0 Å². The standard InChI is InChI=1S/C26H25N3O4/c1-2-17-33-21-11-9-19(10-12-21)23-22(24(30)20-7-4-3-5-8-20)25(31)26(32)29(23)15-6-14-28-16-13-27-18-28/h2-5,7-13,16,18,23H,1,6,14-15,17H2,(H,30,31). The second-order valence-corrected chi connectivity index (χ2v) is 7.71. The molecular formula is C26H25N3O4. The van der Waals surface area contributed by atoms with Gasteiger partial charge in [0.25, 0.3) is 5.91 Å². The number of hydrogen-bond donors (Lipinski definition) is 1. The Balaban J connectivity index is 1.69. The molecule has 0 bridgehead atoms. The molecule has 2 aromatic carbocycles. The van der Waals surface area contributed by atoms with Gasteiger partial charge in [-0.2, -0.15) is 0 Å². The molecule has 168 valence electrons. The van der Waals surface area contributed by atoms with Crippen LogP contribution >= 0.6 is 0 Å². The first-order valence-electron chi connectivity index (χ1n) is 10.8.